The molecule has 1 heterocycles. The molecule has 0 aliphatic carbocycles. The maximum absolute atomic E-state index is 12.7. The van der Waals surface area contributed by atoms with Crippen LogP contribution in [-0.4, -0.2) is 29.0 Å². The lowest BCUT2D eigenvalue weighted by Gasteiger charge is -2.10. The van der Waals surface area contributed by atoms with E-state index in [2.05, 4.69) is 10.3 Å². The van der Waals surface area contributed by atoms with Gasteiger partial charge in [0, 0.05) is 24.7 Å². The molecule has 0 atom stereocenters. The lowest BCUT2D eigenvalue weighted by Crippen LogP contribution is -2.25. The van der Waals surface area contributed by atoms with E-state index in [-0.39, 0.29) is 40.5 Å². The van der Waals surface area contributed by atoms with Crippen molar-refractivity contribution in [2.24, 2.45) is 0 Å². The van der Waals surface area contributed by atoms with Crippen LogP contribution in [0.5, 0.6) is 5.88 Å². The number of amides is 1. The van der Waals surface area contributed by atoms with Crippen molar-refractivity contribution in [2.75, 3.05) is 13.2 Å². The van der Waals surface area contributed by atoms with Crippen molar-refractivity contribution in [3.05, 3.63) is 61.7 Å². The molecule has 7 nitrogen and oxygen atoms in total. The van der Waals surface area contributed by atoms with Crippen molar-refractivity contribution in [2.45, 2.75) is 19.0 Å². The zero-order valence-corrected chi connectivity index (χ0v) is 16.1. The van der Waals surface area contributed by atoms with Crippen LogP contribution in [-0.2, 0) is 6.18 Å². The summed E-state index contributed by atoms with van der Waals surface area (Å²) < 4.78 is 43.3. The van der Waals surface area contributed by atoms with Gasteiger partial charge in [-0.05, 0) is 25.0 Å². The molecule has 0 spiro atoms. The molecule has 1 aromatic carbocycles. The molecule has 0 fully saturated rings. The van der Waals surface area contributed by atoms with Gasteiger partial charge in [0.1, 0.15) is 5.15 Å². The summed E-state index contributed by atoms with van der Waals surface area (Å²) in [5.41, 5.74) is -1.26. The Morgan fingerprint density at radius 2 is 1.93 bits per heavy atom. The number of ether oxygens (including phenoxy) is 1. The van der Waals surface area contributed by atoms with Crippen molar-refractivity contribution in [3.63, 3.8) is 0 Å². The number of non-ortho nitro benzene ring substituents is 1. The van der Waals surface area contributed by atoms with E-state index in [4.69, 9.17) is 27.9 Å². The highest BCUT2D eigenvalue weighted by Crippen LogP contribution is 2.32. The Morgan fingerprint density at radius 3 is 2.59 bits per heavy atom. The summed E-state index contributed by atoms with van der Waals surface area (Å²) in [6.45, 7) is 0.260. The standard InChI is InChI=1S/C17H14Cl2F3N3O4/c18-13-4-3-11(25(27)28)9-12(13)16(26)23-5-1-2-6-29-15-8-10(17(20,21)22)7-14(19)24-15/h3-4,7-9H,1-2,5-6H2,(H,23,26). The first-order chi connectivity index (χ1) is 13.6. The Kier molecular flexibility index (Phi) is 7.63. The van der Waals surface area contributed by atoms with Crippen molar-refractivity contribution in [1.29, 1.82) is 0 Å². The van der Waals surface area contributed by atoms with Crippen LogP contribution >= 0.6 is 23.2 Å². The van der Waals surface area contributed by atoms with Crippen LogP contribution in [0.25, 0.3) is 0 Å². The number of carbonyl (C=O) groups excluding carboxylic acids is 1. The monoisotopic (exact) mass is 451 g/mol. The van der Waals surface area contributed by atoms with Gasteiger partial charge in [-0.2, -0.15) is 13.2 Å². The number of halogens is 5. The van der Waals surface area contributed by atoms with E-state index in [0.717, 1.165) is 12.1 Å². The molecule has 0 saturated carbocycles. The van der Waals surface area contributed by atoms with E-state index >= 15 is 0 Å². The summed E-state index contributed by atoms with van der Waals surface area (Å²) in [7, 11) is 0. The third kappa shape index (κ3) is 6.75. The van der Waals surface area contributed by atoms with E-state index in [1.165, 1.54) is 12.1 Å². The van der Waals surface area contributed by atoms with E-state index < -0.39 is 22.6 Å². The van der Waals surface area contributed by atoms with Crippen LogP contribution in [0.3, 0.4) is 0 Å². The van der Waals surface area contributed by atoms with Gasteiger partial charge < -0.3 is 10.1 Å². The Balaban J connectivity index is 1.79. The van der Waals surface area contributed by atoms with E-state index in [0.29, 0.717) is 18.9 Å². The van der Waals surface area contributed by atoms with Gasteiger partial charge in [0.15, 0.2) is 0 Å². The fourth-order valence-corrected chi connectivity index (χ4v) is 2.62. The van der Waals surface area contributed by atoms with Crippen LogP contribution in [0, 0.1) is 10.1 Å². The number of aromatic nitrogens is 1. The average molecular weight is 452 g/mol. The van der Waals surface area contributed by atoms with Crippen LogP contribution < -0.4 is 10.1 Å². The Labute approximate surface area is 172 Å². The molecule has 1 amide bonds. The molecule has 0 unspecified atom stereocenters. The van der Waals surface area contributed by atoms with Gasteiger partial charge in [0.05, 0.1) is 27.7 Å². The summed E-state index contributed by atoms with van der Waals surface area (Å²) in [5, 5.41) is 13.1. The highest BCUT2D eigenvalue weighted by atomic mass is 35.5. The molecule has 0 aliphatic rings. The third-order valence-electron chi connectivity index (χ3n) is 3.61. The van der Waals surface area contributed by atoms with E-state index in [1.54, 1.807) is 0 Å². The summed E-state index contributed by atoms with van der Waals surface area (Å²) >= 11 is 11.4. The van der Waals surface area contributed by atoms with Crippen LogP contribution in [0.2, 0.25) is 10.2 Å². The molecule has 2 aromatic rings. The minimum atomic E-state index is -4.57. The second-order valence-corrected chi connectivity index (χ2v) is 6.54. The first-order valence-corrected chi connectivity index (χ1v) is 8.93. The molecule has 156 valence electrons. The summed E-state index contributed by atoms with van der Waals surface area (Å²) in [6, 6.07) is 4.96. The molecular weight excluding hydrogens is 438 g/mol. The van der Waals surface area contributed by atoms with E-state index in [1.807, 2.05) is 0 Å². The molecule has 0 radical (unpaired) electrons. The number of nitro benzene ring substituents is 1. The third-order valence-corrected chi connectivity index (χ3v) is 4.13. The number of nitro groups is 1. The smallest absolute Gasteiger partial charge is 0.416 e. The van der Waals surface area contributed by atoms with Crippen molar-refractivity contribution >= 4 is 34.8 Å². The largest absolute Gasteiger partial charge is 0.478 e. The number of pyridine rings is 1. The predicted molar refractivity (Wildman–Crippen MR) is 99.4 cm³/mol. The normalized spacial score (nSPS) is 11.2. The molecule has 12 heteroatoms. The van der Waals surface area contributed by atoms with Gasteiger partial charge >= 0.3 is 6.18 Å². The quantitative estimate of drug-likeness (QED) is 0.266. The Hall–Kier alpha value is -2.59. The predicted octanol–water partition coefficient (Wildman–Crippen LogP) is 4.90. The number of rotatable bonds is 8. The second-order valence-electron chi connectivity index (χ2n) is 5.75. The highest BCUT2D eigenvalue weighted by Gasteiger charge is 2.31. The van der Waals surface area contributed by atoms with Gasteiger partial charge in [-0.3, -0.25) is 14.9 Å². The zero-order chi connectivity index (χ0) is 21.6. The average Bonchev–Trinajstić information content (AvgIpc) is 2.63. The number of benzene rings is 1. The second kappa shape index (κ2) is 9.75. The van der Waals surface area contributed by atoms with E-state index in [9.17, 15) is 28.1 Å². The van der Waals surface area contributed by atoms with Gasteiger partial charge in [0.2, 0.25) is 5.88 Å². The van der Waals surface area contributed by atoms with Gasteiger partial charge in [-0.1, -0.05) is 23.2 Å². The number of alkyl halides is 3. The minimum absolute atomic E-state index is 0.0278. The van der Waals surface area contributed by atoms with Gasteiger partial charge in [-0.25, -0.2) is 4.98 Å². The fourth-order valence-electron chi connectivity index (χ4n) is 2.21. The summed E-state index contributed by atoms with van der Waals surface area (Å²) in [6.07, 6.45) is -3.73. The first kappa shape index (κ1) is 22.7. The van der Waals surface area contributed by atoms with Crippen LogP contribution in [0.4, 0.5) is 18.9 Å². The molecule has 1 aromatic heterocycles. The molecule has 0 aliphatic heterocycles. The number of hydrogen-bond acceptors (Lipinski definition) is 5. The van der Waals surface area contributed by atoms with Crippen molar-refractivity contribution in [1.82, 2.24) is 10.3 Å². The number of hydrogen-bond donors (Lipinski definition) is 1. The van der Waals surface area contributed by atoms with Gasteiger partial charge in [0.25, 0.3) is 11.6 Å². The van der Waals surface area contributed by atoms with Crippen molar-refractivity contribution < 1.29 is 27.6 Å². The topological polar surface area (TPSA) is 94.4 Å². The first-order valence-electron chi connectivity index (χ1n) is 8.17. The highest BCUT2D eigenvalue weighted by molar-refractivity contribution is 6.34. The lowest BCUT2D eigenvalue weighted by molar-refractivity contribution is -0.384. The number of nitrogens with one attached hydrogen (secondary N) is 1. The molecule has 0 bridgehead atoms. The lowest BCUT2D eigenvalue weighted by atomic mass is 10.2. The maximum Gasteiger partial charge on any atom is 0.416 e. The SMILES string of the molecule is O=C(NCCCCOc1cc(C(F)(F)F)cc(Cl)n1)c1cc([N+](=O)[O-])ccc1Cl. The molecule has 1 N–H and O–H groups in total. The Bertz CT molecular complexity index is 910. The van der Waals surface area contributed by atoms with Crippen LogP contribution in [0.1, 0.15) is 28.8 Å². The fraction of sp³-hybridized carbons (Fsp3) is 0.294. The summed E-state index contributed by atoms with van der Waals surface area (Å²) in [4.78, 5) is 25.9. The number of carbonyl (C=O) groups is 1. The maximum atomic E-state index is 12.7. The Morgan fingerprint density at radius 1 is 1.21 bits per heavy atom. The molecule has 0 saturated heterocycles. The molecule has 29 heavy (non-hydrogen) atoms. The van der Waals surface area contributed by atoms with Crippen molar-refractivity contribution in [3.8, 4) is 5.88 Å². The minimum Gasteiger partial charge on any atom is -0.478 e. The number of unbranched alkanes of at least 4 members (excludes halogenated alkanes) is 1. The number of nitrogens with zero attached hydrogens (tertiary/aromatic N) is 2. The zero-order valence-electron chi connectivity index (χ0n) is 14.6. The summed E-state index contributed by atoms with van der Waals surface area (Å²) in [5.74, 6) is -0.830. The molecule has 2 rings (SSSR count). The molecular formula is C17H14Cl2F3N3O4. The van der Waals surface area contributed by atoms with Gasteiger partial charge in [-0.15, -0.1) is 0 Å². The van der Waals surface area contributed by atoms with Crippen LogP contribution in [0.15, 0.2) is 30.3 Å².